The summed E-state index contributed by atoms with van der Waals surface area (Å²) in [6.07, 6.45) is 2.18. The van der Waals surface area contributed by atoms with E-state index in [4.69, 9.17) is 32.7 Å². The summed E-state index contributed by atoms with van der Waals surface area (Å²) in [4.78, 5) is 14.3. The molecule has 0 bridgehead atoms. The van der Waals surface area contributed by atoms with E-state index in [1.165, 1.54) is 0 Å². The van der Waals surface area contributed by atoms with E-state index in [1.54, 1.807) is 6.07 Å². The van der Waals surface area contributed by atoms with Crippen molar-refractivity contribution in [3.63, 3.8) is 0 Å². The van der Waals surface area contributed by atoms with Gasteiger partial charge in [0.2, 0.25) is 5.91 Å². The summed E-state index contributed by atoms with van der Waals surface area (Å²) in [6, 6.07) is 5.72. The van der Waals surface area contributed by atoms with Crippen LogP contribution in [0.2, 0.25) is 10.0 Å². The van der Waals surface area contributed by atoms with Crippen LogP contribution in [0.3, 0.4) is 0 Å². The van der Waals surface area contributed by atoms with Gasteiger partial charge >= 0.3 is 0 Å². The zero-order valence-electron chi connectivity index (χ0n) is 16.8. The molecule has 1 aromatic rings. The van der Waals surface area contributed by atoms with Crippen LogP contribution in [-0.4, -0.2) is 66.6 Å². The number of β-amino-alcohol motifs (C(OH)–C–C–N with tert-alkyl or cyclic N) is 1. The third-order valence-corrected chi connectivity index (χ3v) is 6.18. The summed E-state index contributed by atoms with van der Waals surface area (Å²) in [5.41, 5.74) is 1.04. The summed E-state index contributed by atoms with van der Waals surface area (Å²) >= 11 is 12.2. The van der Waals surface area contributed by atoms with Crippen LogP contribution >= 0.6 is 23.2 Å². The van der Waals surface area contributed by atoms with E-state index < -0.39 is 6.10 Å². The summed E-state index contributed by atoms with van der Waals surface area (Å²) in [5, 5.41) is 14.3. The number of benzene rings is 1. The number of ether oxygens (including phenoxy) is 2. The minimum Gasteiger partial charge on any atom is -0.389 e. The van der Waals surface area contributed by atoms with Gasteiger partial charge in [0.1, 0.15) is 0 Å². The Morgan fingerprint density at radius 3 is 2.86 bits per heavy atom. The second kappa shape index (κ2) is 10.9. The molecule has 162 valence electrons. The molecule has 1 aromatic carbocycles. The average molecular weight is 445 g/mol. The Kier molecular flexibility index (Phi) is 8.59. The van der Waals surface area contributed by atoms with Gasteiger partial charge in [0, 0.05) is 25.7 Å². The minimum absolute atomic E-state index is 0.0325. The lowest BCUT2D eigenvalue weighted by Crippen LogP contribution is -2.55. The third-order valence-electron chi connectivity index (χ3n) is 5.44. The second-order valence-corrected chi connectivity index (χ2v) is 8.68. The highest BCUT2D eigenvalue weighted by molar-refractivity contribution is 6.42. The fourth-order valence-corrected chi connectivity index (χ4v) is 4.36. The van der Waals surface area contributed by atoms with Crippen molar-refractivity contribution in [1.82, 2.24) is 10.2 Å². The van der Waals surface area contributed by atoms with Crippen LogP contribution in [0.4, 0.5) is 0 Å². The van der Waals surface area contributed by atoms with E-state index in [1.807, 2.05) is 19.1 Å². The SMILES string of the molecule is CCCNC(=O)C[C@@H]1CC[C@H]2[C@@H](COC[C@H](O)CN2Cc2ccc(Cl)c(Cl)c2)O1. The Morgan fingerprint density at radius 2 is 2.10 bits per heavy atom. The molecule has 1 amide bonds. The highest BCUT2D eigenvalue weighted by Gasteiger charge is 2.38. The van der Waals surface area contributed by atoms with Crippen LogP contribution in [0, 0.1) is 0 Å². The molecule has 8 heteroatoms. The van der Waals surface area contributed by atoms with Gasteiger partial charge < -0.3 is 19.9 Å². The first-order chi connectivity index (χ1) is 14.0. The molecule has 0 aliphatic carbocycles. The van der Waals surface area contributed by atoms with Gasteiger partial charge in [-0.2, -0.15) is 0 Å². The lowest BCUT2D eigenvalue weighted by molar-refractivity contribution is -0.158. The summed E-state index contributed by atoms with van der Waals surface area (Å²) in [7, 11) is 0. The van der Waals surface area contributed by atoms with Gasteiger partial charge in [-0.25, -0.2) is 0 Å². The third kappa shape index (κ3) is 6.54. The van der Waals surface area contributed by atoms with E-state index >= 15 is 0 Å². The van der Waals surface area contributed by atoms with Crippen molar-refractivity contribution in [2.75, 3.05) is 26.3 Å². The number of hydrogen-bond donors (Lipinski definition) is 2. The van der Waals surface area contributed by atoms with E-state index in [2.05, 4.69) is 10.2 Å². The smallest absolute Gasteiger partial charge is 0.222 e. The van der Waals surface area contributed by atoms with Crippen molar-refractivity contribution >= 4 is 29.1 Å². The molecular weight excluding hydrogens is 415 g/mol. The molecule has 4 atom stereocenters. The minimum atomic E-state index is -0.559. The Bertz CT molecular complexity index is 691. The van der Waals surface area contributed by atoms with Crippen LogP contribution in [0.15, 0.2) is 18.2 Å². The van der Waals surface area contributed by atoms with Gasteiger partial charge in [0.15, 0.2) is 0 Å². The number of rotatable bonds is 6. The Hall–Kier alpha value is -0.890. The molecule has 0 saturated carbocycles. The molecule has 0 radical (unpaired) electrons. The van der Waals surface area contributed by atoms with Gasteiger partial charge in [0.25, 0.3) is 0 Å². The van der Waals surface area contributed by atoms with Crippen molar-refractivity contribution < 1.29 is 19.4 Å². The van der Waals surface area contributed by atoms with Crippen LogP contribution in [-0.2, 0) is 20.8 Å². The zero-order chi connectivity index (χ0) is 20.8. The topological polar surface area (TPSA) is 71.0 Å². The molecule has 0 aromatic heterocycles. The number of hydrogen-bond acceptors (Lipinski definition) is 5. The van der Waals surface area contributed by atoms with Gasteiger partial charge in [-0.15, -0.1) is 0 Å². The molecule has 2 aliphatic heterocycles. The molecule has 3 rings (SSSR count). The van der Waals surface area contributed by atoms with Crippen LogP contribution in [0.1, 0.15) is 38.2 Å². The second-order valence-electron chi connectivity index (χ2n) is 7.86. The van der Waals surface area contributed by atoms with E-state index in [-0.39, 0.29) is 30.8 Å². The Labute approximate surface area is 182 Å². The van der Waals surface area contributed by atoms with Crippen molar-refractivity contribution in [1.29, 1.82) is 0 Å². The predicted octanol–water partition coefficient (Wildman–Crippen LogP) is 3.02. The molecule has 2 N–H and O–H groups in total. The number of halogens is 2. The lowest BCUT2D eigenvalue weighted by atomic mass is 9.94. The fraction of sp³-hybridized carbons (Fsp3) is 0.667. The van der Waals surface area contributed by atoms with Gasteiger partial charge in [-0.1, -0.05) is 36.2 Å². The zero-order valence-corrected chi connectivity index (χ0v) is 18.3. The van der Waals surface area contributed by atoms with E-state index in [9.17, 15) is 9.90 Å². The maximum atomic E-state index is 12.1. The van der Waals surface area contributed by atoms with Crippen LogP contribution in [0.5, 0.6) is 0 Å². The summed E-state index contributed by atoms with van der Waals surface area (Å²) < 4.78 is 11.9. The molecule has 2 aliphatic rings. The normalized spacial score (nSPS) is 28.3. The molecule has 29 heavy (non-hydrogen) atoms. The Balaban J connectivity index is 1.67. The fourth-order valence-electron chi connectivity index (χ4n) is 4.04. The van der Waals surface area contributed by atoms with Crippen molar-refractivity contribution in [2.45, 2.75) is 63.5 Å². The molecule has 0 spiro atoms. The number of carbonyl (C=O) groups excluding carboxylic acids is 1. The highest BCUT2D eigenvalue weighted by Crippen LogP contribution is 2.30. The molecular formula is C21H30Cl2N2O4. The number of aliphatic hydroxyl groups is 1. The number of amides is 1. The summed E-state index contributed by atoms with van der Waals surface area (Å²) in [5.74, 6) is 0.0325. The largest absolute Gasteiger partial charge is 0.389 e. The van der Waals surface area contributed by atoms with Crippen LogP contribution < -0.4 is 5.32 Å². The number of nitrogens with zero attached hydrogens (tertiary/aromatic N) is 1. The van der Waals surface area contributed by atoms with Gasteiger partial charge in [-0.05, 0) is 37.0 Å². The number of nitrogens with one attached hydrogen (secondary N) is 1. The van der Waals surface area contributed by atoms with E-state index in [0.717, 1.165) is 24.8 Å². The molecule has 0 unspecified atom stereocenters. The first kappa shape index (κ1) is 22.8. The van der Waals surface area contributed by atoms with Crippen molar-refractivity contribution in [3.8, 4) is 0 Å². The van der Waals surface area contributed by atoms with Crippen molar-refractivity contribution in [3.05, 3.63) is 33.8 Å². The molecule has 2 heterocycles. The molecule has 6 nitrogen and oxygen atoms in total. The van der Waals surface area contributed by atoms with Crippen LogP contribution in [0.25, 0.3) is 0 Å². The molecule has 2 saturated heterocycles. The first-order valence-electron chi connectivity index (χ1n) is 10.3. The van der Waals surface area contributed by atoms with Crippen molar-refractivity contribution in [2.24, 2.45) is 0 Å². The summed E-state index contributed by atoms with van der Waals surface area (Å²) in [6.45, 7) is 4.53. The first-order valence-corrected chi connectivity index (χ1v) is 11.1. The van der Waals surface area contributed by atoms with Gasteiger partial charge in [0.05, 0.1) is 48.0 Å². The number of fused-ring (bicyclic) bond motifs is 1. The number of carbonyl (C=O) groups is 1. The van der Waals surface area contributed by atoms with E-state index in [0.29, 0.717) is 42.7 Å². The lowest BCUT2D eigenvalue weighted by Gasteiger charge is -2.44. The monoisotopic (exact) mass is 444 g/mol. The predicted molar refractivity (Wildman–Crippen MR) is 113 cm³/mol. The number of aliphatic hydroxyl groups excluding tert-OH is 1. The highest BCUT2D eigenvalue weighted by atomic mass is 35.5. The van der Waals surface area contributed by atoms with Gasteiger partial charge in [-0.3, -0.25) is 9.69 Å². The standard InChI is InChI=1S/C21H30Cl2N2O4/c1-2-7-24-21(27)9-16-4-6-19-20(29-16)13-28-12-15(26)11-25(19)10-14-3-5-17(22)18(23)8-14/h3,5,8,15-16,19-20,26H,2,4,6-7,9-13H2,1H3,(H,24,27)/t15-,16+,19+,20-/m1/s1. The molecule has 2 fully saturated rings. The maximum Gasteiger partial charge on any atom is 0.222 e. The Morgan fingerprint density at radius 1 is 1.28 bits per heavy atom. The maximum absolute atomic E-state index is 12.1. The average Bonchev–Trinajstić information content (AvgIpc) is 2.68. The quantitative estimate of drug-likeness (QED) is 0.705.